The predicted molar refractivity (Wildman–Crippen MR) is 82.8 cm³/mol. The molecule has 110 valence electrons. The zero-order valence-electron chi connectivity index (χ0n) is 12.1. The van der Waals surface area contributed by atoms with Crippen molar-refractivity contribution in [3.63, 3.8) is 0 Å². The van der Waals surface area contributed by atoms with Crippen LogP contribution >= 0.6 is 15.9 Å². The summed E-state index contributed by atoms with van der Waals surface area (Å²) in [5, 5.41) is 3.64. The molecule has 0 spiro atoms. The molecule has 1 aromatic heterocycles. The van der Waals surface area contributed by atoms with Crippen molar-refractivity contribution in [1.29, 1.82) is 0 Å². The van der Waals surface area contributed by atoms with Crippen LogP contribution in [0.4, 0.5) is 0 Å². The summed E-state index contributed by atoms with van der Waals surface area (Å²) in [4.78, 5) is 14.9. The molecule has 1 N–H and O–H groups in total. The van der Waals surface area contributed by atoms with Crippen LogP contribution in [-0.4, -0.2) is 40.0 Å². The Kier molecular flexibility index (Phi) is 3.91. The number of halogens is 1. The number of carbonyl (C=O) groups is 1. The lowest BCUT2D eigenvalue weighted by atomic mass is 9.98. The predicted octanol–water partition coefficient (Wildman–Crippen LogP) is 2.53. The second-order valence-electron chi connectivity index (χ2n) is 6.01. The van der Waals surface area contributed by atoms with Crippen LogP contribution in [0.3, 0.4) is 0 Å². The van der Waals surface area contributed by atoms with E-state index in [1.807, 2.05) is 23.9 Å². The summed E-state index contributed by atoms with van der Waals surface area (Å²) in [7, 11) is 1.93. The van der Waals surface area contributed by atoms with Crippen molar-refractivity contribution in [2.45, 2.75) is 50.7 Å². The van der Waals surface area contributed by atoms with Crippen LogP contribution in [0.25, 0.3) is 0 Å². The topological polar surface area (TPSA) is 37.3 Å². The highest BCUT2D eigenvalue weighted by Crippen LogP contribution is 2.30. The van der Waals surface area contributed by atoms with E-state index >= 15 is 0 Å². The van der Waals surface area contributed by atoms with E-state index in [-0.39, 0.29) is 5.91 Å². The molecule has 20 heavy (non-hydrogen) atoms. The van der Waals surface area contributed by atoms with Gasteiger partial charge in [-0.3, -0.25) is 4.79 Å². The van der Waals surface area contributed by atoms with Crippen molar-refractivity contribution in [1.82, 2.24) is 14.8 Å². The number of carbonyl (C=O) groups excluding carboxylic acids is 1. The summed E-state index contributed by atoms with van der Waals surface area (Å²) < 4.78 is 2.87. The summed E-state index contributed by atoms with van der Waals surface area (Å²) >= 11 is 3.45. The number of nitrogens with one attached hydrogen (secondary N) is 1. The first-order valence-corrected chi connectivity index (χ1v) is 8.26. The van der Waals surface area contributed by atoms with Gasteiger partial charge >= 0.3 is 0 Å². The van der Waals surface area contributed by atoms with Crippen molar-refractivity contribution in [2.24, 2.45) is 7.05 Å². The third kappa shape index (κ3) is 2.53. The number of piperidine rings is 1. The quantitative estimate of drug-likeness (QED) is 0.918. The normalized spacial score (nSPS) is 28.6. The molecule has 1 amide bonds. The van der Waals surface area contributed by atoms with Crippen molar-refractivity contribution < 1.29 is 4.79 Å². The Morgan fingerprint density at radius 1 is 1.45 bits per heavy atom. The van der Waals surface area contributed by atoms with Gasteiger partial charge in [0.05, 0.1) is 0 Å². The van der Waals surface area contributed by atoms with Gasteiger partial charge < -0.3 is 14.8 Å². The maximum absolute atomic E-state index is 12.8. The molecule has 4 nitrogen and oxygen atoms in total. The van der Waals surface area contributed by atoms with Crippen LogP contribution in [0.1, 0.15) is 43.1 Å². The lowest BCUT2D eigenvalue weighted by Gasteiger charge is -2.37. The van der Waals surface area contributed by atoms with Gasteiger partial charge in [-0.25, -0.2) is 0 Å². The molecule has 1 aromatic rings. The maximum atomic E-state index is 12.8. The molecule has 0 aromatic carbocycles. The number of aromatic nitrogens is 1. The Morgan fingerprint density at radius 3 is 2.60 bits per heavy atom. The molecule has 2 fully saturated rings. The highest BCUT2D eigenvalue weighted by Gasteiger charge is 2.37. The molecule has 0 aliphatic carbocycles. The van der Waals surface area contributed by atoms with Gasteiger partial charge in [-0.1, -0.05) is 0 Å². The third-order valence-corrected chi connectivity index (χ3v) is 5.11. The highest BCUT2D eigenvalue weighted by molar-refractivity contribution is 9.10. The lowest BCUT2D eigenvalue weighted by Crippen LogP contribution is -2.50. The monoisotopic (exact) mass is 339 g/mol. The van der Waals surface area contributed by atoms with Gasteiger partial charge in [0, 0.05) is 42.4 Å². The summed E-state index contributed by atoms with van der Waals surface area (Å²) in [6.45, 7) is 2.87. The Morgan fingerprint density at radius 2 is 2.10 bits per heavy atom. The largest absolute Gasteiger partial charge is 0.345 e. The van der Waals surface area contributed by atoms with E-state index in [9.17, 15) is 4.79 Å². The summed E-state index contributed by atoms with van der Waals surface area (Å²) in [5.41, 5.74) is 0.768. The average molecular weight is 340 g/mol. The minimum atomic E-state index is 0.159. The van der Waals surface area contributed by atoms with Crippen LogP contribution < -0.4 is 5.32 Å². The smallest absolute Gasteiger partial charge is 0.270 e. The molecule has 5 heteroatoms. The molecule has 2 aliphatic heterocycles. The fraction of sp³-hybridized carbons (Fsp3) is 0.667. The van der Waals surface area contributed by atoms with E-state index in [2.05, 4.69) is 33.1 Å². The second kappa shape index (κ2) is 5.53. The lowest BCUT2D eigenvalue weighted by molar-refractivity contribution is 0.0621. The summed E-state index contributed by atoms with van der Waals surface area (Å²) in [6, 6.07) is 3.53. The molecule has 2 aliphatic rings. The highest BCUT2D eigenvalue weighted by atomic mass is 79.9. The van der Waals surface area contributed by atoms with Crippen molar-refractivity contribution in [2.75, 3.05) is 6.54 Å². The molecule has 0 radical (unpaired) electrons. The first kappa shape index (κ1) is 14.1. The number of aryl methyl sites for hydroxylation is 1. The van der Waals surface area contributed by atoms with Crippen LogP contribution in [0.5, 0.6) is 0 Å². The molecular weight excluding hydrogens is 318 g/mol. The SMILES string of the molecule is CCN(C(=O)c1cc(Br)cn1C)C1CC2CCC(C1)N2. The van der Waals surface area contributed by atoms with Crippen molar-refractivity contribution >= 4 is 21.8 Å². The molecule has 0 saturated carbocycles. The molecule has 2 bridgehead atoms. The van der Waals surface area contributed by atoms with E-state index in [1.54, 1.807) is 0 Å². The standard InChI is InChI=1S/C15H22BrN3O/c1-3-19(13-7-11-4-5-12(8-13)17-11)15(20)14-6-10(16)9-18(14)2/h6,9,11-13,17H,3-5,7-8H2,1-2H3. The third-order valence-electron chi connectivity index (χ3n) is 4.68. The van der Waals surface area contributed by atoms with Gasteiger partial charge in [0.25, 0.3) is 5.91 Å². The fourth-order valence-corrected chi connectivity index (χ4v) is 4.26. The van der Waals surface area contributed by atoms with Gasteiger partial charge in [-0.15, -0.1) is 0 Å². The average Bonchev–Trinajstić information content (AvgIpc) is 2.92. The number of amides is 1. The minimum absolute atomic E-state index is 0.159. The number of hydrogen-bond acceptors (Lipinski definition) is 2. The Hall–Kier alpha value is -0.810. The van der Waals surface area contributed by atoms with E-state index in [0.717, 1.165) is 29.6 Å². The van der Waals surface area contributed by atoms with Gasteiger partial charge in [0.2, 0.25) is 0 Å². The van der Waals surface area contributed by atoms with Gasteiger partial charge in [0.1, 0.15) is 5.69 Å². The van der Waals surface area contributed by atoms with Gasteiger partial charge in [0.15, 0.2) is 0 Å². The Bertz CT molecular complexity index is 501. The zero-order valence-corrected chi connectivity index (χ0v) is 13.7. The molecule has 3 heterocycles. The van der Waals surface area contributed by atoms with Gasteiger partial charge in [-0.05, 0) is 54.6 Å². The molecule has 2 saturated heterocycles. The summed E-state index contributed by atoms with van der Waals surface area (Å²) in [5.74, 6) is 0.159. The second-order valence-corrected chi connectivity index (χ2v) is 6.92. The van der Waals surface area contributed by atoms with E-state index < -0.39 is 0 Å². The van der Waals surface area contributed by atoms with E-state index in [0.29, 0.717) is 18.1 Å². The van der Waals surface area contributed by atoms with Crippen LogP contribution in [0, 0.1) is 0 Å². The van der Waals surface area contributed by atoms with Crippen LogP contribution in [0.2, 0.25) is 0 Å². The van der Waals surface area contributed by atoms with Crippen molar-refractivity contribution in [3.05, 3.63) is 22.4 Å². The van der Waals surface area contributed by atoms with E-state index in [1.165, 1.54) is 12.8 Å². The summed E-state index contributed by atoms with van der Waals surface area (Å²) in [6.07, 6.45) is 6.67. The first-order valence-electron chi connectivity index (χ1n) is 7.47. The fourth-order valence-electron chi connectivity index (χ4n) is 3.73. The minimum Gasteiger partial charge on any atom is -0.345 e. The number of nitrogens with zero attached hydrogens (tertiary/aromatic N) is 2. The first-order chi connectivity index (χ1) is 9.58. The molecule has 2 atom stereocenters. The Balaban J connectivity index is 1.79. The molecular formula is C15H22BrN3O. The number of fused-ring (bicyclic) bond motifs is 2. The van der Waals surface area contributed by atoms with E-state index in [4.69, 9.17) is 0 Å². The van der Waals surface area contributed by atoms with Gasteiger partial charge in [-0.2, -0.15) is 0 Å². The zero-order chi connectivity index (χ0) is 14.3. The number of hydrogen-bond donors (Lipinski definition) is 1. The molecule has 2 unspecified atom stereocenters. The van der Waals surface area contributed by atoms with Crippen LogP contribution in [-0.2, 0) is 7.05 Å². The van der Waals surface area contributed by atoms with Crippen LogP contribution in [0.15, 0.2) is 16.7 Å². The van der Waals surface area contributed by atoms with Crippen molar-refractivity contribution in [3.8, 4) is 0 Å². The maximum Gasteiger partial charge on any atom is 0.270 e. The Labute approximate surface area is 128 Å². The molecule has 3 rings (SSSR count). The number of rotatable bonds is 3.